The van der Waals surface area contributed by atoms with Gasteiger partial charge in [0.05, 0.1) is 14.2 Å². The first-order chi connectivity index (χ1) is 14.0. The van der Waals surface area contributed by atoms with Crippen molar-refractivity contribution in [2.24, 2.45) is 0 Å². The molecule has 0 unspecified atom stereocenters. The maximum absolute atomic E-state index is 12.7. The molecule has 3 aromatic rings. The van der Waals surface area contributed by atoms with E-state index in [1.165, 1.54) is 5.56 Å². The van der Waals surface area contributed by atoms with Gasteiger partial charge in [0.15, 0.2) is 11.5 Å². The van der Waals surface area contributed by atoms with Gasteiger partial charge in [0.2, 0.25) is 0 Å². The zero-order valence-corrected chi connectivity index (χ0v) is 17.1. The number of carbonyl (C=O) groups excluding carboxylic acids is 1. The number of aryl methyl sites for hydroxylation is 2. The van der Waals surface area contributed by atoms with Crippen LogP contribution in [0.5, 0.6) is 11.5 Å². The third kappa shape index (κ3) is 4.66. The number of amides is 1. The van der Waals surface area contributed by atoms with Crippen molar-refractivity contribution in [2.45, 2.75) is 20.3 Å². The largest absolute Gasteiger partial charge is 0.493 e. The summed E-state index contributed by atoms with van der Waals surface area (Å²) in [6.45, 7) is 4.16. The fraction of sp³-hybridized carbons (Fsp3) is 0.217. The zero-order valence-electron chi connectivity index (χ0n) is 17.1. The summed E-state index contributed by atoms with van der Waals surface area (Å²) >= 11 is 0. The second kappa shape index (κ2) is 9.10. The van der Waals surface area contributed by atoms with Gasteiger partial charge < -0.3 is 20.1 Å². The Morgan fingerprint density at radius 3 is 2.55 bits per heavy atom. The van der Waals surface area contributed by atoms with Gasteiger partial charge in [-0.05, 0) is 48.7 Å². The Balaban J connectivity index is 1.80. The fourth-order valence-electron chi connectivity index (χ4n) is 3.09. The first-order valence-electron chi connectivity index (χ1n) is 9.40. The van der Waals surface area contributed by atoms with Crippen LogP contribution in [0.25, 0.3) is 0 Å². The summed E-state index contributed by atoms with van der Waals surface area (Å²) in [6, 6.07) is 14.8. The molecule has 0 fully saturated rings. The quantitative estimate of drug-likeness (QED) is 0.595. The molecule has 0 saturated heterocycles. The van der Waals surface area contributed by atoms with Gasteiger partial charge in [-0.15, -0.1) is 0 Å². The topological polar surface area (TPSA) is 72.5 Å². The van der Waals surface area contributed by atoms with Crippen LogP contribution >= 0.6 is 0 Å². The highest BCUT2D eigenvalue weighted by Gasteiger charge is 2.11. The Labute approximate surface area is 170 Å². The van der Waals surface area contributed by atoms with Gasteiger partial charge in [0.1, 0.15) is 5.82 Å². The average Bonchev–Trinajstić information content (AvgIpc) is 2.75. The molecule has 2 N–H and O–H groups in total. The third-order valence-electron chi connectivity index (χ3n) is 4.66. The molecule has 6 nitrogen and oxygen atoms in total. The lowest BCUT2D eigenvalue weighted by Gasteiger charge is -2.14. The number of methoxy groups -OCH3 is 2. The number of pyridine rings is 1. The lowest BCUT2D eigenvalue weighted by molar-refractivity contribution is 0.102. The van der Waals surface area contributed by atoms with E-state index < -0.39 is 0 Å². The number of aromatic nitrogens is 1. The highest BCUT2D eigenvalue weighted by atomic mass is 16.5. The third-order valence-corrected chi connectivity index (χ3v) is 4.66. The van der Waals surface area contributed by atoms with Gasteiger partial charge in [-0.3, -0.25) is 4.79 Å². The van der Waals surface area contributed by atoms with Gasteiger partial charge in [0.25, 0.3) is 5.91 Å². The predicted molar refractivity (Wildman–Crippen MR) is 116 cm³/mol. The molecule has 150 valence electrons. The highest BCUT2D eigenvalue weighted by molar-refractivity contribution is 6.04. The summed E-state index contributed by atoms with van der Waals surface area (Å²) in [7, 11) is 3.13. The van der Waals surface area contributed by atoms with E-state index in [4.69, 9.17) is 9.47 Å². The Hall–Kier alpha value is -3.54. The van der Waals surface area contributed by atoms with Gasteiger partial charge in [0, 0.05) is 29.2 Å². The molecule has 29 heavy (non-hydrogen) atoms. The van der Waals surface area contributed by atoms with E-state index in [-0.39, 0.29) is 5.91 Å². The van der Waals surface area contributed by atoms with Crippen LogP contribution in [0.4, 0.5) is 17.2 Å². The van der Waals surface area contributed by atoms with Crippen molar-refractivity contribution in [2.75, 3.05) is 24.9 Å². The number of anilines is 3. The molecule has 3 rings (SSSR count). The molecule has 1 amide bonds. The zero-order chi connectivity index (χ0) is 20.8. The molecule has 6 heteroatoms. The Morgan fingerprint density at radius 1 is 1.03 bits per heavy atom. The number of ether oxygens (including phenoxy) is 2. The Bertz CT molecular complexity index is 1020. The molecular formula is C23H25N3O3. The number of hydrogen-bond donors (Lipinski definition) is 2. The summed E-state index contributed by atoms with van der Waals surface area (Å²) in [6.07, 6.45) is 2.53. The summed E-state index contributed by atoms with van der Waals surface area (Å²) in [5.41, 5.74) is 4.48. The molecular weight excluding hydrogens is 366 g/mol. The van der Waals surface area contributed by atoms with Crippen molar-refractivity contribution in [3.05, 3.63) is 71.4 Å². The minimum Gasteiger partial charge on any atom is -0.493 e. The predicted octanol–water partition coefficient (Wildman–Crippen LogP) is 4.97. The van der Waals surface area contributed by atoms with Crippen molar-refractivity contribution in [3.63, 3.8) is 0 Å². The maximum Gasteiger partial charge on any atom is 0.255 e. The van der Waals surface area contributed by atoms with Crippen molar-refractivity contribution in [1.29, 1.82) is 0 Å². The average molecular weight is 391 g/mol. The number of carbonyl (C=O) groups is 1. The Morgan fingerprint density at radius 2 is 1.83 bits per heavy atom. The molecule has 0 aliphatic heterocycles. The van der Waals surface area contributed by atoms with E-state index in [9.17, 15) is 4.79 Å². The first kappa shape index (κ1) is 20.2. The summed E-state index contributed by atoms with van der Waals surface area (Å²) in [5.74, 6) is 1.54. The highest BCUT2D eigenvalue weighted by Crippen LogP contribution is 2.30. The van der Waals surface area contributed by atoms with Gasteiger partial charge >= 0.3 is 0 Å². The van der Waals surface area contributed by atoms with E-state index >= 15 is 0 Å². The van der Waals surface area contributed by atoms with Gasteiger partial charge in [-0.2, -0.15) is 0 Å². The standard InChI is InChI=1S/C23H25N3O3/c1-5-16-8-6-7-15(2)22(16)26-21-13-17(11-12-24-21)23(27)25-18-9-10-19(28-3)20(14-18)29-4/h6-14H,5H2,1-4H3,(H,24,26)(H,25,27). The Kier molecular flexibility index (Phi) is 6.34. The second-order valence-corrected chi connectivity index (χ2v) is 6.54. The van der Waals surface area contributed by atoms with Crippen LogP contribution in [0.1, 0.15) is 28.4 Å². The monoisotopic (exact) mass is 391 g/mol. The lowest BCUT2D eigenvalue weighted by Crippen LogP contribution is -2.12. The number of hydrogen-bond acceptors (Lipinski definition) is 5. The minimum atomic E-state index is -0.233. The molecule has 0 bridgehead atoms. The van der Waals surface area contributed by atoms with Crippen molar-refractivity contribution < 1.29 is 14.3 Å². The van der Waals surface area contributed by atoms with Gasteiger partial charge in [-0.1, -0.05) is 25.1 Å². The molecule has 0 atom stereocenters. The SMILES string of the molecule is CCc1cccc(C)c1Nc1cc(C(=O)Nc2ccc(OC)c(OC)c2)ccn1. The van der Waals surface area contributed by atoms with E-state index in [2.05, 4.69) is 41.6 Å². The number of para-hydroxylation sites is 1. The molecule has 0 spiro atoms. The van der Waals surface area contributed by atoms with Crippen molar-refractivity contribution >= 4 is 23.1 Å². The minimum absolute atomic E-state index is 0.233. The molecule has 0 radical (unpaired) electrons. The van der Waals surface area contributed by atoms with Crippen LogP contribution in [0, 0.1) is 6.92 Å². The summed E-state index contributed by atoms with van der Waals surface area (Å²) in [4.78, 5) is 17.1. The van der Waals surface area contributed by atoms with E-state index in [0.717, 1.165) is 17.7 Å². The normalized spacial score (nSPS) is 10.3. The van der Waals surface area contributed by atoms with Crippen LogP contribution in [0.15, 0.2) is 54.7 Å². The maximum atomic E-state index is 12.7. The smallest absolute Gasteiger partial charge is 0.255 e. The molecule has 0 aliphatic rings. The van der Waals surface area contributed by atoms with Crippen molar-refractivity contribution in [3.8, 4) is 11.5 Å². The molecule has 2 aromatic carbocycles. The molecule has 0 saturated carbocycles. The van der Waals surface area contributed by atoms with E-state index in [0.29, 0.717) is 28.6 Å². The second-order valence-electron chi connectivity index (χ2n) is 6.54. The summed E-state index contributed by atoms with van der Waals surface area (Å²) in [5, 5.41) is 6.24. The number of nitrogens with one attached hydrogen (secondary N) is 2. The van der Waals surface area contributed by atoms with Crippen molar-refractivity contribution in [1.82, 2.24) is 4.98 Å². The van der Waals surface area contributed by atoms with Crippen LogP contribution < -0.4 is 20.1 Å². The van der Waals surface area contributed by atoms with Crippen LogP contribution in [0.2, 0.25) is 0 Å². The number of nitrogens with zero attached hydrogens (tertiary/aromatic N) is 1. The number of benzene rings is 2. The first-order valence-corrected chi connectivity index (χ1v) is 9.40. The van der Waals surface area contributed by atoms with Crippen LogP contribution in [0.3, 0.4) is 0 Å². The van der Waals surface area contributed by atoms with Crippen LogP contribution in [-0.4, -0.2) is 25.1 Å². The summed E-state index contributed by atoms with van der Waals surface area (Å²) < 4.78 is 10.5. The van der Waals surface area contributed by atoms with E-state index in [1.807, 2.05) is 6.07 Å². The molecule has 0 aliphatic carbocycles. The molecule has 1 aromatic heterocycles. The molecule has 1 heterocycles. The lowest BCUT2D eigenvalue weighted by atomic mass is 10.1. The van der Waals surface area contributed by atoms with Crippen LogP contribution in [-0.2, 0) is 6.42 Å². The van der Waals surface area contributed by atoms with E-state index in [1.54, 1.807) is 50.7 Å². The fourth-order valence-corrected chi connectivity index (χ4v) is 3.09. The van der Waals surface area contributed by atoms with Gasteiger partial charge in [-0.25, -0.2) is 4.98 Å². The number of rotatable bonds is 7.